The van der Waals surface area contributed by atoms with Crippen LogP contribution >= 0.6 is 24.2 Å². The number of rotatable bonds is 9. The number of nitrogens with zero attached hydrogens (tertiary/aromatic N) is 1. The molecule has 0 saturated carbocycles. The fourth-order valence-electron chi connectivity index (χ4n) is 2.69. The molecule has 5 nitrogen and oxygen atoms in total. The summed E-state index contributed by atoms with van der Waals surface area (Å²) in [5.41, 5.74) is 5.47. The number of thioether (sulfide) groups is 1. The van der Waals surface area contributed by atoms with Crippen LogP contribution in [0.2, 0.25) is 0 Å². The number of carbonyl (C=O) groups is 1. The van der Waals surface area contributed by atoms with E-state index in [1.165, 1.54) is 0 Å². The minimum absolute atomic E-state index is 0. The third-order valence-corrected chi connectivity index (χ3v) is 5.15. The van der Waals surface area contributed by atoms with Crippen molar-refractivity contribution in [1.82, 2.24) is 4.90 Å². The van der Waals surface area contributed by atoms with Gasteiger partial charge in [-0.3, -0.25) is 4.79 Å². The Hall–Kier alpha value is -0.950. The molecule has 2 rings (SSSR count). The Labute approximate surface area is 161 Å². The highest BCUT2D eigenvalue weighted by atomic mass is 35.5. The zero-order valence-electron chi connectivity index (χ0n) is 14.8. The number of methoxy groups -OCH3 is 1. The van der Waals surface area contributed by atoms with E-state index in [9.17, 15) is 4.79 Å². The van der Waals surface area contributed by atoms with E-state index in [4.69, 9.17) is 15.2 Å². The molecule has 142 valence electrons. The van der Waals surface area contributed by atoms with Gasteiger partial charge in [0.05, 0.1) is 13.2 Å². The molecule has 1 aromatic carbocycles. The highest BCUT2D eigenvalue weighted by Gasteiger charge is 2.22. The van der Waals surface area contributed by atoms with Crippen molar-refractivity contribution in [3.8, 4) is 5.75 Å². The molecule has 0 spiro atoms. The highest BCUT2D eigenvalue weighted by molar-refractivity contribution is 7.99. The Balaban J connectivity index is 0.00000312. The smallest absolute Gasteiger partial charge is 0.223 e. The van der Waals surface area contributed by atoms with Crippen molar-refractivity contribution in [3.05, 3.63) is 24.3 Å². The lowest BCUT2D eigenvalue weighted by Crippen LogP contribution is -2.41. The molecule has 0 unspecified atom stereocenters. The van der Waals surface area contributed by atoms with E-state index in [0.29, 0.717) is 13.0 Å². The van der Waals surface area contributed by atoms with Crippen LogP contribution in [0.3, 0.4) is 0 Å². The number of nitrogens with two attached hydrogens (primary N) is 1. The molecule has 1 fully saturated rings. The summed E-state index contributed by atoms with van der Waals surface area (Å²) in [4.78, 5) is 15.4. The van der Waals surface area contributed by atoms with Gasteiger partial charge >= 0.3 is 0 Å². The van der Waals surface area contributed by atoms with Crippen LogP contribution in [0.4, 0.5) is 0 Å². The topological polar surface area (TPSA) is 64.8 Å². The maximum Gasteiger partial charge on any atom is 0.223 e. The lowest BCUT2D eigenvalue weighted by Gasteiger charge is -2.32. The van der Waals surface area contributed by atoms with Gasteiger partial charge in [0.15, 0.2) is 0 Å². The van der Waals surface area contributed by atoms with E-state index in [1.54, 1.807) is 18.9 Å². The van der Waals surface area contributed by atoms with Gasteiger partial charge in [-0.15, -0.1) is 24.2 Å². The largest absolute Gasteiger partial charge is 0.497 e. The number of amides is 1. The van der Waals surface area contributed by atoms with Gasteiger partial charge in [-0.1, -0.05) is 0 Å². The number of piperidine rings is 1. The zero-order valence-corrected chi connectivity index (χ0v) is 16.4. The number of hydrogen-bond donors (Lipinski definition) is 1. The standard InChI is InChI=1S/C18H28N2O3S.ClH/c1-22-15-3-5-17(6-4-15)24-14-9-18(21)20-11-7-16(8-12-20)23-13-2-10-19;/h3-6,16H,2,7-14,19H2,1H3;1H. The van der Waals surface area contributed by atoms with Crippen LogP contribution in [0.15, 0.2) is 29.2 Å². The van der Waals surface area contributed by atoms with Crippen molar-refractivity contribution in [3.63, 3.8) is 0 Å². The van der Waals surface area contributed by atoms with E-state index in [1.807, 2.05) is 29.2 Å². The van der Waals surface area contributed by atoms with Gasteiger partial charge in [0, 0.05) is 36.8 Å². The molecule has 1 saturated heterocycles. The van der Waals surface area contributed by atoms with E-state index in [-0.39, 0.29) is 24.4 Å². The van der Waals surface area contributed by atoms with Crippen LogP contribution in [0.5, 0.6) is 5.75 Å². The molecule has 0 bridgehead atoms. The third-order valence-electron chi connectivity index (χ3n) is 4.14. The second-order valence-electron chi connectivity index (χ2n) is 5.87. The van der Waals surface area contributed by atoms with Crippen LogP contribution in [-0.2, 0) is 9.53 Å². The summed E-state index contributed by atoms with van der Waals surface area (Å²) in [5.74, 6) is 1.90. The number of benzene rings is 1. The van der Waals surface area contributed by atoms with Gasteiger partial charge in [0.25, 0.3) is 0 Å². The maximum atomic E-state index is 12.3. The van der Waals surface area contributed by atoms with Gasteiger partial charge < -0.3 is 20.1 Å². The number of likely N-dealkylation sites (tertiary alicyclic amines) is 1. The molecule has 25 heavy (non-hydrogen) atoms. The molecule has 0 atom stereocenters. The Morgan fingerprint density at radius 3 is 2.56 bits per heavy atom. The molecule has 7 heteroatoms. The van der Waals surface area contributed by atoms with Crippen LogP contribution in [-0.4, -0.2) is 56.0 Å². The highest BCUT2D eigenvalue weighted by Crippen LogP contribution is 2.22. The summed E-state index contributed by atoms with van der Waals surface area (Å²) >= 11 is 1.71. The predicted molar refractivity (Wildman–Crippen MR) is 105 cm³/mol. The van der Waals surface area contributed by atoms with Gasteiger partial charge in [0.1, 0.15) is 5.75 Å². The minimum Gasteiger partial charge on any atom is -0.497 e. The van der Waals surface area contributed by atoms with Gasteiger partial charge in [-0.2, -0.15) is 0 Å². The summed E-state index contributed by atoms with van der Waals surface area (Å²) in [6, 6.07) is 7.94. The Morgan fingerprint density at radius 1 is 1.28 bits per heavy atom. The van der Waals surface area contributed by atoms with Crippen LogP contribution in [0, 0.1) is 0 Å². The predicted octanol–water partition coefficient (Wildman–Crippen LogP) is 2.96. The fourth-order valence-corrected chi connectivity index (χ4v) is 3.53. The third kappa shape index (κ3) is 7.86. The van der Waals surface area contributed by atoms with Crippen LogP contribution in [0.1, 0.15) is 25.7 Å². The van der Waals surface area contributed by atoms with E-state index >= 15 is 0 Å². The molecule has 1 amide bonds. The van der Waals surface area contributed by atoms with Gasteiger partial charge in [0.2, 0.25) is 5.91 Å². The average Bonchev–Trinajstić information content (AvgIpc) is 2.63. The first kappa shape index (κ1) is 22.1. The number of ether oxygens (including phenoxy) is 2. The summed E-state index contributed by atoms with van der Waals surface area (Å²) in [6.45, 7) is 3.01. The quantitative estimate of drug-likeness (QED) is 0.520. The van der Waals surface area contributed by atoms with Crippen LogP contribution in [0.25, 0.3) is 0 Å². The zero-order chi connectivity index (χ0) is 17.2. The van der Waals surface area contributed by atoms with Gasteiger partial charge in [-0.05, 0) is 50.1 Å². The van der Waals surface area contributed by atoms with E-state index < -0.39 is 0 Å². The van der Waals surface area contributed by atoms with Gasteiger partial charge in [-0.25, -0.2) is 0 Å². The van der Waals surface area contributed by atoms with Crippen molar-refractivity contribution < 1.29 is 14.3 Å². The van der Waals surface area contributed by atoms with Crippen molar-refractivity contribution in [2.45, 2.75) is 36.7 Å². The van der Waals surface area contributed by atoms with Crippen molar-refractivity contribution in [2.75, 3.05) is 39.1 Å². The summed E-state index contributed by atoms with van der Waals surface area (Å²) in [6.07, 6.45) is 3.63. The average molecular weight is 389 g/mol. The molecule has 0 aliphatic carbocycles. The van der Waals surface area contributed by atoms with Crippen molar-refractivity contribution >= 4 is 30.1 Å². The molecule has 0 radical (unpaired) electrons. The lowest BCUT2D eigenvalue weighted by molar-refractivity contribution is -0.133. The minimum atomic E-state index is 0. The van der Waals surface area contributed by atoms with Crippen LogP contribution < -0.4 is 10.5 Å². The molecular weight excluding hydrogens is 360 g/mol. The normalized spacial score (nSPS) is 14.9. The second-order valence-corrected chi connectivity index (χ2v) is 7.04. The maximum absolute atomic E-state index is 12.3. The molecule has 1 aliphatic heterocycles. The molecule has 1 aromatic rings. The van der Waals surface area contributed by atoms with Crippen molar-refractivity contribution in [2.24, 2.45) is 5.73 Å². The monoisotopic (exact) mass is 388 g/mol. The lowest BCUT2D eigenvalue weighted by atomic mass is 10.1. The Kier molecular flexibility index (Phi) is 11.0. The molecular formula is C18H29ClN2O3S. The fraction of sp³-hybridized carbons (Fsp3) is 0.611. The summed E-state index contributed by atoms with van der Waals surface area (Å²) < 4.78 is 10.9. The molecule has 2 N–H and O–H groups in total. The second kappa shape index (κ2) is 12.4. The number of halogens is 1. The Bertz CT molecular complexity index is 494. The molecule has 1 aliphatic rings. The molecule has 0 aromatic heterocycles. The SMILES string of the molecule is COc1ccc(SCCC(=O)N2CCC(OCCCN)CC2)cc1.Cl. The van der Waals surface area contributed by atoms with E-state index in [2.05, 4.69) is 0 Å². The molecule has 1 heterocycles. The van der Waals surface area contributed by atoms with E-state index in [0.717, 1.165) is 55.4 Å². The summed E-state index contributed by atoms with van der Waals surface area (Å²) in [7, 11) is 1.66. The Morgan fingerprint density at radius 2 is 1.96 bits per heavy atom. The first-order chi connectivity index (χ1) is 11.7. The number of hydrogen-bond acceptors (Lipinski definition) is 5. The first-order valence-electron chi connectivity index (χ1n) is 8.59. The number of carbonyl (C=O) groups excluding carboxylic acids is 1. The van der Waals surface area contributed by atoms with Crippen molar-refractivity contribution in [1.29, 1.82) is 0 Å². The first-order valence-corrected chi connectivity index (χ1v) is 9.57. The summed E-state index contributed by atoms with van der Waals surface area (Å²) in [5, 5.41) is 0.